The Morgan fingerprint density at radius 2 is 1.77 bits per heavy atom. The first-order valence-electron chi connectivity index (χ1n) is 11.0. The van der Waals surface area contributed by atoms with Gasteiger partial charge in [0.25, 0.3) is 0 Å². The van der Waals surface area contributed by atoms with E-state index in [2.05, 4.69) is 47.8 Å². The third kappa shape index (κ3) is 5.57. The fraction of sp³-hybridized carbons (Fsp3) is 0.458. The maximum atomic E-state index is 13.0. The van der Waals surface area contributed by atoms with Crippen molar-refractivity contribution in [3.63, 3.8) is 0 Å². The van der Waals surface area contributed by atoms with Crippen LogP contribution in [-0.4, -0.2) is 61.1 Å². The SMILES string of the molecule is Cc1ccc(C2CC(C(=O)N3CCN(CCOc4ccc(Cl)cc4)CC3)NN2)cc1C. The minimum Gasteiger partial charge on any atom is -0.492 e. The number of rotatable bonds is 6. The molecule has 0 saturated carbocycles. The van der Waals surface area contributed by atoms with Crippen molar-refractivity contribution in [2.24, 2.45) is 0 Å². The summed E-state index contributed by atoms with van der Waals surface area (Å²) in [5, 5.41) is 0.709. The molecule has 4 rings (SSSR count). The van der Waals surface area contributed by atoms with E-state index in [-0.39, 0.29) is 18.0 Å². The van der Waals surface area contributed by atoms with Crippen LogP contribution in [0.2, 0.25) is 5.02 Å². The molecule has 7 heteroatoms. The highest BCUT2D eigenvalue weighted by atomic mass is 35.5. The van der Waals surface area contributed by atoms with E-state index < -0.39 is 0 Å². The van der Waals surface area contributed by atoms with Gasteiger partial charge in [0.1, 0.15) is 18.4 Å². The number of halogens is 1. The molecule has 6 nitrogen and oxygen atoms in total. The highest BCUT2D eigenvalue weighted by Gasteiger charge is 2.34. The molecule has 0 aliphatic carbocycles. The molecule has 2 saturated heterocycles. The fourth-order valence-electron chi connectivity index (χ4n) is 4.15. The lowest BCUT2D eigenvalue weighted by Gasteiger charge is -2.35. The summed E-state index contributed by atoms with van der Waals surface area (Å²) in [4.78, 5) is 17.3. The number of ether oxygens (including phenoxy) is 1. The van der Waals surface area contributed by atoms with Crippen molar-refractivity contribution in [2.75, 3.05) is 39.3 Å². The predicted octanol–water partition coefficient (Wildman–Crippen LogP) is 3.09. The summed E-state index contributed by atoms with van der Waals surface area (Å²) in [6, 6.07) is 13.9. The molecule has 0 bridgehead atoms. The van der Waals surface area contributed by atoms with Crippen molar-refractivity contribution in [3.05, 3.63) is 64.2 Å². The zero-order valence-corrected chi connectivity index (χ0v) is 19.0. The first-order chi connectivity index (χ1) is 15.0. The molecule has 2 atom stereocenters. The van der Waals surface area contributed by atoms with E-state index >= 15 is 0 Å². The van der Waals surface area contributed by atoms with Crippen LogP contribution in [-0.2, 0) is 4.79 Å². The summed E-state index contributed by atoms with van der Waals surface area (Å²) in [7, 11) is 0. The monoisotopic (exact) mass is 442 g/mol. The molecule has 0 radical (unpaired) electrons. The Morgan fingerprint density at radius 3 is 2.48 bits per heavy atom. The zero-order valence-electron chi connectivity index (χ0n) is 18.2. The smallest absolute Gasteiger partial charge is 0.241 e. The molecule has 2 heterocycles. The highest BCUT2D eigenvalue weighted by molar-refractivity contribution is 6.30. The summed E-state index contributed by atoms with van der Waals surface area (Å²) in [5.74, 6) is 1.02. The van der Waals surface area contributed by atoms with Crippen LogP contribution < -0.4 is 15.6 Å². The highest BCUT2D eigenvalue weighted by Crippen LogP contribution is 2.25. The number of hydrazine groups is 1. The van der Waals surface area contributed by atoms with Gasteiger partial charge in [-0.15, -0.1) is 0 Å². The normalized spacial score (nSPS) is 22.0. The minimum atomic E-state index is -0.175. The van der Waals surface area contributed by atoms with E-state index in [1.807, 2.05) is 29.2 Å². The summed E-state index contributed by atoms with van der Waals surface area (Å²) in [6.45, 7) is 8.98. The van der Waals surface area contributed by atoms with Gasteiger partial charge in [0.05, 0.1) is 0 Å². The second kappa shape index (κ2) is 10.0. The molecule has 0 spiro atoms. The number of nitrogens with one attached hydrogen (secondary N) is 2. The zero-order chi connectivity index (χ0) is 21.8. The van der Waals surface area contributed by atoms with E-state index in [4.69, 9.17) is 16.3 Å². The lowest BCUT2D eigenvalue weighted by Crippen LogP contribution is -2.54. The Morgan fingerprint density at radius 1 is 1.03 bits per heavy atom. The molecule has 2 unspecified atom stereocenters. The van der Waals surface area contributed by atoms with Gasteiger partial charge in [-0.25, -0.2) is 10.9 Å². The number of hydrogen-bond acceptors (Lipinski definition) is 5. The van der Waals surface area contributed by atoms with Crippen LogP contribution in [0.25, 0.3) is 0 Å². The number of carbonyl (C=O) groups is 1. The van der Waals surface area contributed by atoms with Crippen molar-refractivity contribution < 1.29 is 9.53 Å². The van der Waals surface area contributed by atoms with Crippen molar-refractivity contribution in [1.29, 1.82) is 0 Å². The number of hydrogen-bond donors (Lipinski definition) is 2. The summed E-state index contributed by atoms with van der Waals surface area (Å²) in [5.41, 5.74) is 10.3. The quantitative estimate of drug-likeness (QED) is 0.720. The second-order valence-electron chi connectivity index (χ2n) is 8.44. The van der Waals surface area contributed by atoms with E-state index in [1.165, 1.54) is 16.7 Å². The number of amides is 1. The van der Waals surface area contributed by atoms with Crippen LogP contribution in [0.5, 0.6) is 5.75 Å². The van der Waals surface area contributed by atoms with Crippen LogP contribution in [0.15, 0.2) is 42.5 Å². The number of aryl methyl sites for hydroxylation is 2. The van der Waals surface area contributed by atoms with Crippen molar-refractivity contribution in [1.82, 2.24) is 20.7 Å². The third-order valence-corrected chi connectivity index (χ3v) is 6.56. The van der Waals surface area contributed by atoms with Crippen LogP contribution in [0, 0.1) is 13.8 Å². The second-order valence-corrected chi connectivity index (χ2v) is 8.88. The molecule has 31 heavy (non-hydrogen) atoms. The van der Waals surface area contributed by atoms with Crippen LogP contribution >= 0.6 is 11.6 Å². The number of nitrogens with zero attached hydrogens (tertiary/aromatic N) is 2. The number of piperazine rings is 1. The molecule has 2 aliphatic rings. The average Bonchev–Trinajstić information content (AvgIpc) is 3.27. The van der Waals surface area contributed by atoms with Gasteiger partial charge < -0.3 is 9.64 Å². The third-order valence-electron chi connectivity index (χ3n) is 6.31. The molecule has 2 aromatic carbocycles. The van der Waals surface area contributed by atoms with Crippen molar-refractivity contribution in [3.8, 4) is 5.75 Å². The molecule has 0 aromatic heterocycles. The van der Waals surface area contributed by atoms with Gasteiger partial charge in [-0.05, 0) is 61.2 Å². The van der Waals surface area contributed by atoms with E-state index in [1.54, 1.807) is 0 Å². The molecule has 2 aromatic rings. The maximum Gasteiger partial charge on any atom is 0.241 e. The lowest BCUT2D eigenvalue weighted by molar-refractivity contribution is -0.135. The van der Waals surface area contributed by atoms with Crippen LogP contribution in [0.4, 0.5) is 0 Å². The minimum absolute atomic E-state index is 0.166. The maximum absolute atomic E-state index is 13.0. The molecule has 166 valence electrons. The first kappa shape index (κ1) is 22.1. The Kier molecular flexibility index (Phi) is 7.13. The van der Waals surface area contributed by atoms with Gasteiger partial charge in [-0.2, -0.15) is 0 Å². The van der Waals surface area contributed by atoms with Crippen molar-refractivity contribution in [2.45, 2.75) is 32.4 Å². The number of carbonyl (C=O) groups excluding carboxylic acids is 1. The predicted molar refractivity (Wildman–Crippen MR) is 123 cm³/mol. The van der Waals surface area contributed by atoms with E-state index in [0.717, 1.165) is 44.9 Å². The Bertz CT molecular complexity index is 897. The molecular formula is C24H31ClN4O2. The van der Waals surface area contributed by atoms with Gasteiger partial charge in [0.2, 0.25) is 5.91 Å². The average molecular weight is 443 g/mol. The van der Waals surface area contributed by atoms with Gasteiger partial charge in [0.15, 0.2) is 0 Å². The molecular weight excluding hydrogens is 412 g/mol. The Labute approximate surface area is 189 Å². The van der Waals surface area contributed by atoms with E-state index in [9.17, 15) is 4.79 Å². The lowest BCUT2D eigenvalue weighted by atomic mass is 9.98. The topological polar surface area (TPSA) is 56.8 Å². The van der Waals surface area contributed by atoms with E-state index in [0.29, 0.717) is 11.6 Å². The van der Waals surface area contributed by atoms with Crippen molar-refractivity contribution >= 4 is 17.5 Å². The molecule has 2 N–H and O–H groups in total. The summed E-state index contributed by atoms with van der Waals surface area (Å²) >= 11 is 5.90. The van der Waals surface area contributed by atoms with Gasteiger partial charge in [-0.1, -0.05) is 29.8 Å². The summed E-state index contributed by atoms with van der Waals surface area (Å²) < 4.78 is 5.79. The standard InChI is InChI=1S/C24H31ClN4O2/c1-17-3-4-19(15-18(17)2)22-16-23(27-26-22)24(30)29-11-9-28(10-12-29)13-14-31-21-7-5-20(25)6-8-21/h3-8,15,22-23,26-27H,9-14,16H2,1-2H3. The Balaban J connectivity index is 1.20. The number of benzene rings is 2. The Hall–Kier alpha value is -2.12. The van der Waals surface area contributed by atoms with Gasteiger partial charge in [-0.3, -0.25) is 9.69 Å². The fourth-order valence-corrected chi connectivity index (χ4v) is 4.28. The largest absolute Gasteiger partial charge is 0.492 e. The van der Waals surface area contributed by atoms with Crippen LogP contribution in [0.3, 0.4) is 0 Å². The first-order valence-corrected chi connectivity index (χ1v) is 11.3. The molecule has 2 aliphatic heterocycles. The van der Waals surface area contributed by atoms with Gasteiger partial charge >= 0.3 is 0 Å². The summed E-state index contributed by atoms with van der Waals surface area (Å²) in [6.07, 6.45) is 0.774. The van der Waals surface area contributed by atoms with Crippen LogP contribution in [0.1, 0.15) is 29.2 Å². The van der Waals surface area contributed by atoms with Gasteiger partial charge in [0, 0.05) is 43.8 Å². The molecule has 2 fully saturated rings. The molecule has 1 amide bonds.